The quantitative estimate of drug-likeness (QED) is 0.546. The third-order valence-corrected chi connectivity index (χ3v) is 2.39. The fraction of sp³-hybridized carbons (Fsp3) is 0.462. The minimum absolute atomic E-state index is 0.198. The highest BCUT2D eigenvalue weighted by atomic mass is 16.5. The molecule has 1 aromatic rings. The number of rotatable bonds is 6. The minimum atomic E-state index is -0.198. The molecular formula is C13H19NO2. The van der Waals surface area contributed by atoms with Crippen molar-refractivity contribution in [3.05, 3.63) is 30.3 Å². The first kappa shape index (κ1) is 12.6. The van der Waals surface area contributed by atoms with E-state index in [1.54, 1.807) is 0 Å². The summed E-state index contributed by atoms with van der Waals surface area (Å²) in [5.74, 6) is -0.198. The van der Waals surface area contributed by atoms with Gasteiger partial charge in [0.05, 0.1) is 6.61 Å². The number of carbonyl (C=O) groups excluding carboxylic acids is 1. The van der Waals surface area contributed by atoms with Crippen molar-refractivity contribution in [3.63, 3.8) is 0 Å². The molecule has 0 fully saturated rings. The van der Waals surface area contributed by atoms with Gasteiger partial charge < -0.3 is 9.64 Å². The van der Waals surface area contributed by atoms with Crippen molar-refractivity contribution >= 4 is 11.7 Å². The van der Waals surface area contributed by atoms with Crippen LogP contribution in [0.25, 0.3) is 0 Å². The van der Waals surface area contributed by atoms with E-state index in [4.69, 9.17) is 4.74 Å². The molecule has 0 aromatic heterocycles. The molecule has 0 atom stereocenters. The van der Waals surface area contributed by atoms with Crippen LogP contribution < -0.4 is 4.90 Å². The maximum absolute atomic E-state index is 10.5. The van der Waals surface area contributed by atoms with Gasteiger partial charge in [-0.1, -0.05) is 18.2 Å². The Morgan fingerprint density at radius 2 is 1.94 bits per heavy atom. The SMILES string of the molecule is CC(=O)OCCCCN(C)c1ccccc1. The number of carbonyl (C=O) groups is 1. The minimum Gasteiger partial charge on any atom is -0.466 e. The topological polar surface area (TPSA) is 29.5 Å². The molecule has 0 bridgehead atoms. The first-order chi connectivity index (χ1) is 7.70. The van der Waals surface area contributed by atoms with Gasteiger partial charge >= 0.3 is 5.97 Å². The zero-order valence-corrected chi connectivity index (χ0v) is 9.98. The van der Waals surface area contributed by atoms with Crippen molar-refractivity contribution < 1.29 is 9.53 Å². The fourth-order valence-corrected chi connectivity index (χ4v) is 1.48. The van der Waals surface area contributed by atoms with Crippen LogP contribution >= 0.6 is 0 Å². The van der Waals surface area contributed by atoms with Crippen molar-refractivity contribution in [3.8, 4) is 0 Å². The highest BCUT2D eigenvalue weighted by molar-refractivity contribution is 5.65. The Kier molecular flexibility index (Phi) is 5.40. The van der Waals surface area contributed by atoms with E-state index >= 15 is 0 Å². The van der Waals surface area contributed by atoms with E-state index in [1.165, 1.54) is 12.6 Å². The molecule has 3 heteroatoms. The molecule has 0 amide bonds. The summed E-state index contributed by atoms with van der Waals surface area (Å²) in [5.41, 5.74) is 1.22. The molecule has 3 nitrogen and oxygen atoms in total. The van der Waals surface area contributed by atoms with Gasteiger partial charge in [-0.3, -0.25) is 4.79 Å². The molecule has 0 aliphatic carbocycles. The second-order valence-corrected chi connectivity index (χ2v) is 3.80. The fourth-order valence-electron chi connectivity index (χ4n) is 1.48. The van der Waals surface area contributed by atoms with Crippen LogP contribution in [0.4, 0.5) is 5.69 Å². The summed E-state index contributed by atoms with van der Waals surface area (Å²) in [6, 6.07) is 10.3. The van der Waals surface area contributed by atoms with Crippen LogP contribution in [0.3, 0.4) is 0 Å². The summed E-state index contributed by atoms with van der Waals surface area (Å²) in [4.78, 5) is 12.7. The summed E-state index contributed by atoms with van der Waals surface area (Å²) < 4.78 is 4.87. The van der Waals surface area contributed by atoms with E-state index < -0.39 is 0 Å². The van der Waals surface area contributed by atoms with E-state index in [2.05, 4.69) is 24.1 Å². The Morgan fingerprint density at radius 3 is 2.56 bits per heavy atom. The van der Waals surface area contributed by atoms with Crippen molar-refractivity contribution in [1.29, 1.82) is 0 Å². The number of nitrogens with zero attached hydrogens (tertiary/aromatic N) is 1. The predicted octanol–water partition coefficient (Wildman–Crippen LogP) is 2.47. The lowest BCUT2D eigenvalue weighted by molar-refractivity contribution is -0.141. The molecule has 1 aromatic carbocycles. The summed E-state index contributed by atoms with van der Waals surface area (Å²) in [6.45, 7) is 2.94. The summed E-state index contributed by atoms with van der Waals surface area (Å²) in [6.07, 6.45) is 1.94. The maximum atomic E-state index is 10.5. The monoisotopic (exact) mass is 221 g/mol. The molecule has 88 valence electrons. The first-order valence-corrected chi connectivity index (χ1v) is 5.59. The molecule has 0 aliphatic heterocycles. The van der Waals surface area contributed by atoms with Crippen molar-refractivity contribution in [2.24, 2.45) is 0 Å². The second kappa shape index (κ2) is 6.88. The number of ether oxygens (including phenoxy) is 1. The van der Waals surface area contributed by atoms with Crippen LogP contribution in [-0.4, -0.2) is 26.2 Å². The Hall–Kier alpha value is -1.51. The van der Waals surface area contributed by atoms with Crippen molar-refractivity contribution in [2.45, 2.75) is 19.8 Å². The molecule has 0 saturated heterocycles. The van der Waals surface area contributed by atoms with Crippen LogP contribution in [0.15, 0.2) is 30.3 Å². The van der Waals surface area contributed by atoms with Gasteiger partial charge in [-0.15, -0.1) is 0 Å². The van der Waals surface area contributed by atoms with E-state index in [1.807, 2.05) is 18.2 Å². The Labute approximate surface area is 97.0 Å². The van der Waals surface area contributed by atoms with Gasteiger partial charge in [-0.05, 0) is 25.0 Å². The average molecular weight is 221 g/mol. The van der Waals surface area contributed by atoms with Crippen LogP contribution in [0.5, 0.6) is 0 Å². The van der Waals surface area contributed by atoms with Gasteiger partial charge in [0.1, 0.15) is 0 Å². The van der Waals surface area contributed by atoms with Gasteiger partial charge in [-0.2, -0.15) is 0 Å². The lowest BCUT2D eigenvalue weighted by Gasteiger charge is -2.18. The molecule has 0 heterocycles. The van der Waals surface area contributed by atoms with Crippen LogP contribution in [0.2, 0.25) is 0 Å². The smallest absolute Gasteiger partial charge is 0.302 e. The number of para-hydroxylation sites is 1. The summed E-state index contributed by atoms with van der Waals surface area (Å²) in [5, 5.41) is 0. The lowest BCUT2D eigenvalue weighted by Crippen LogP contribution is -2.18. The van der Waals surface area contributed by atoms with E-state index in [0.717, 1.165) is 19.4 Å². The van der Waals surface area contributed by atoms with E-state index in [0.29, 0.717) is 6.61 Å². The molecule has 0 N–H and O–H groups in total. The highest BCUT2D eigenvalue weighted by Gasteiger charge is 1.99. The molecule has 1 rings (SSSR count). The third kappa shape index (κ3) is 4.82. The third-order valence-electron chi connectivity index (χ3n) is 2.39. The zero-order valence-electron chi connectivity index (χ0n) is 9.98. The normalized spacial score (nSPS) is 9.88. The van der Waals surface area contributed by atoms with Crippen molar-refractivity contribution in [1.82, 2.24) is 0 Å². The van der Waals surface area contributed by atoms with E-state index in [-0.39, 0.29) is 5.97 Å². The second-order valence-electron chi connectivity index (χ2n) is 3.80. The van der Waals surface area contributed by atoms with Crippen LogP contribution in [0.1, 0.15) is 19.8 Å². The molecule has 0 saturated carbocycles. The van der Waals surface area contributed by atoms with Gasteiger partial charge in [0, 0.05) is 26.2 Å². The number of hydrogen-bond donors (Lipinski definition) is 0. The van der Waals surface area contributed by atoms with Gasteiger partial charge in [-0.25, -0.2) is 0 Å². The standard InChI is InChI=1S/C13H19NO2/c1-12(15)16-11-7-6-10-14(2)13-8-4-3-5-9-13/h3-5,8-9H,6-7,10-11H2,1-2H3. The lowest BCUT2D eigenvalue weighted by atomic mass is 10.2. The summed E-state index contributed by atoms with van der Waals surface area (Å²) in [7, 11) is 2.07. The number of unbranched alkanes of at least 4 members (excludes halogenated alkanes) is 1. The molecule has 16 heavy (non-hydrogen) atoms. The Balaban J connectivity index is 2.16. The predicted molar refractivity (Wildman–Crippen MR) is 65.6 cm³/mol. The average Bonchev–Trinajstić information content (AvgIpc) is 2.29. The largest absolute Gasteiger partial charge is 0.466 e. The molecule has 0 spiro atoms. The Morgan fingerprint density at radius 1 is 1.25 bits per heavy atom. The van der Waals surface area contributed by atoms with Gasteiger partial charge in [0.2, 0.25) is 0 Å². The number of benzene rings is 1. The first-order valence-electron chi connectivity index (χ1n) is 5.59. The van der Waals surface area contributed by atoms with Crippen LogP contribution in [-0.2, 0) is 9.53 Å². The number of anilines is 1. The van der Waals surface area contributed by atoms with Gasteiger partial charge in [0.15, 0.2) is 0 Å². The molecule has 0 unspecified atom stereocenters. The van der Waals surface area contributed by atoms with Crippen LogP contribution in [0, 0.1) is 0 Å². The molecule has 0 aliphatic rings. The Bertz CT molecular complexity index is 311. The van der Waals surface area contributed by atoms with Crippen molar-refractivity contribution in [2.75, 3.05) is 25.1 Å². The maximum Gasteiger partial charge on any atom is 0.302 e. The van der Waals surface area contributed by atoms with Gasteiger partial charge in [0.25, 0.3) is 0 Å². The zero-order chi connectivity index (χ0) is 11.8. The summed E-state index contributed by atoms with van der Waals surface area (Å²) >= 11 is 0. The number of esters is 1. The highest BCUT2D eigenvalue weighted by Crippen LogP contribution is 2.11. The van der Waals surface area contributed by atoms with E-state index in [9.17, 15) is 4.79 Å². The molecular weight excluding hydrogens is 202 g/mol. The molecule has 0 radical (unpaired) electrons. The number of hydrogen-bond acceptors (Lipinski definition) is 3.